The third kappa shape index (κ3) is 7.64. The molecule has 148 valence electrons. The van der Waals surface area contributed by atoms with Crippen LogP contribution < -0.4 is 5.73 Å². The van der Waals surface area contributed by atoms with Gasteiger partial charge in [-0.3, -0.25) is 14.5 Å². The number of amides is 2. The zero-order valence-electron chi connectivity index (χ0n) is 14.7. The molecule has 0 aliphatic carbocycles. The van der Waals surface area contributed by atoms with E-state index >= 15 is 0 Å². The van der Waals surface area contributed by atoms with Gasteiger partial charge in [-0.2, -0.15) is 0 Å². The van der Waals surface area contributed by atoms with Crippen LogP contribution in [0.3, 0.4) is 0 Å². The molecule has 8 nitrogen and oxygen atoms in total. The SMILES string of the molecule is COC(CN)CC(=O)N1CCN(C(=O)CN2CCOCC2)CC1.Cl.Cl. The third-order valence-electron chi connectivity index (χ3n) is 4.45. The number of hydrogen-bond donors (Lipinski definition) is 1. The van der Waals surface area contributed by atoms with Crippen LogP contribution in [0.4, 0.5) is 0 Å². The number of nitrogens with two attached hydrogens (primary N) is 1. The maximum atomic E-state index is 12.3. The number of carbonyl (C=O) groups excluding carboxylic acids is 2. The van der Waals surface area contributed by atoms with E-state index in [2.05, 4.69) is 4.90 Å². The molecule has 2 amide bonds. The second-order valence-electron chi connectivity index (χ2n) is 5.95. The number of piperazine rings is 1. The number of nitrogens with zero attached hydrogens (tertiary/aromatic N) is 3. The van der Waals surface area contributed by atoms with Gasteiger partial charge in [0.25, 0.3) is 0 Å². The fraction of sp³-hybridized carbons (Fsp3) is 0.867. The van der Waals surface area contributed by atoms with Gasteiger partial charge >= 0.3 is 0 Å². The number of carbonyl (C=O) groups is 2. The van der Waals surface area contributed by atoms with Crippen molar-refractivity contribution in [1.29, 1.82) is 0 Å². The molecule has 2 aliphatic heterocycles. The van der Waals surface area contributed by atoms with Crippen molar-refractivity contribution in [1.82, 2.24) is 14.7 Å². The van der Waals surface area contributed by atoms with Crippen molar-refractivity contribution in [2.24, 2.45) is 5.73 Å². The maximum Gasteiger partial charge on any atom is 0.236 e. The average Bonchev–Trinajstić information content (AvgIpc) is 2.60. The normalized spacial score (nSPS) is 19.6. The van der Waals surface area contributed by atoms with Gasteiger partial charge in [-0.25, -0.2) is 0 Å². The van der Waals surface area contributed by atoms with Crippen LogP contribution in [0.1, 0.15) is 6.42 Å². The number of hydrogen-bond acceptors (Lipinski definition) is 6. The van der Waals surface area contributed by atoms with Crippen molar-refractivity contribution in [3.8, 4) is 0 Å². The fourth-order valence-electron chi connectivity index (χ4n) is 2.84. The third-order valence-corrected chi connectivity index (χ3v) is 4.45. The summed E-state index contributed by atoms with van der Waals surface area (Å²) in [6, 6.07) is 0. The molecule has 0 aromatic heterocycles. The van der Waals surface area contributed by atoms with Crippen LogP contribution >= 0.6 is 24.8 Å². The van der Waals surface area contributed by atoms with Crippen LogP contribution in [0, 0.1) is 0 Å². The van der Waals surface area contributed by atoms with Crippen molar-refractivity contribution in [2.75, 3.05) is 72.7 Å². The van der Waals surface area contributed by atoms with E-state index in [-0.39, 0.29) is 42.7 Å². The minimum absolute atomic E-state index is 0. The van der Waals surface area contributed by atoms with Crippen molar-refractivity contribution in [2.45, 2.75) is 12.5 Å². The first-order valence-corrected chi connectivity index (χ1v) is 8.22. The second-order valence-corrected chi connectivity index (χ2v) is 5.95. The van der Waals surface area contributed by atoms with Gasteiger partial charge in [0.15, 0.2) is 0 Å². The van der Waals surface area contributed by atoms with Crippen LogP contribution in [0.15, 0.2) is 0 Å². The molecule has 0 bridgehead atoms. The molecular formula is C15H30Cl2N4O4. The lowest BCUT2D eigenvalue weighted by atomic mass is 10.2. The monoisotopic (exact) mass is 400 g/mol. The highest BCUT2D eigenvalue weighted by molar-refractivity contribution is 5.85. The Labute approximate surface area is 161 Å². The summed E-state index contributed by atoms with van der Waals surface area (Å²) < 4.78 is 10.4. The molecule has 2 rings (SSSR count). The Morgan fingerprint density at radius 1 is 1.00 bits per heavy atom. The lowest BCUT2D eigenvalue weighted by molar-refractivity contribution is -0.142. The predicted molar refractivity (Wildman–Crippen MR) is 99.4 cm³/mol. The van der Waals surface area contributed by atoms with Gasteiger partial charge in [0, 0.05) is 52.9 Å². The minimum Gasteiger partial charge on any atom is -0.380 e. The van der Waals surface area contributed by atoms with E-state index in [9.17, 15) is 9.59 Å². The van der Waals surface area contributed by atoms with Gasteiger partial charge in [0.05, 0.1) is 32.3 Å². The Morgan fingerprint density at radius 2 is 1.52 bits per heavy atom. The number of rotatable bonds is 6. The summed E-state index contributed by atoms with van der Waals surface area (Å²) in [6.07, 6.45) is 0.0674. The Kier molecular flexibility index (Phi) is 12.3. The standard InChI is InChI=1S/C15H28N4O4.2ClH/c1-22-13(11-16)10-14(20)18-2-4-19(5-3-18)15(21)12-17-6-8-23-9-7-17;;/h13H,2-12,16H2,1H3;2*1H. The first kappa shape index (κ1) is 24.4. The van der Waals surface area contributed by atoms with Crippen LogP contribution in [-0.2, 0) is 19.1 Å². The van der Waals surface area contributed by atoms with Crippen LogP contribution in [0.25, 0.3) is 0 Å². The molecular weight excluding hydrogens is 371 g/mol. The molecule has 10 heteroatoms. The predicted octanol–water partition coefficient (Wildman–Crippen LogP) is -0.803. The largest absolute Gasteiger partial charge is 0.380 e. The van der Waals surface area contributed by atoms with Crippen LogP contribution in [0.5, 0.6) is 0 Å². The van der Waals surface area contributed by atoms with Gasteiger partial charge in [0.1, 0.15) is 0 Å². The molecule has 0 aromatic rings. The highest BCUT2D eigenvalue weighted by atomic mass is 35.5. The first-order valence-electron chi connectivity index (χ1n) is 8.22. The lowest BCUT2D eigenvalue weighted by Crippen LogP contribution is -2.53. The van der Waals surface area contributed by atoms with Crippen molar-refractivity contribution >= 4 is 36.6 Å². The Bertz CT molecular complexity index is 399. The molecule has 25 heavy (non-hydrogen) atoms. The Hall–Kier alpha value is -0.640. The molecule has 2 aliphatic rings. The first-order chi connectivity index (χ1) is 11.1. The van der Waals surface area contributed by atoms with Gasteiger partial charge in [0.2, 0.25) is 11.8 Å². The molecule has 1 unspecified atom stereocenters. The molecule has 0 radical (unpaired) electrons. The number of methoxy groups -OCH3 is 1. The Morgan fingerprint density at radius 3 is 2.00 bits per heavy atom. The zero-order valence-corrected chi connectivity index (χ0v) is 16.4. The summed E-state index contributed by atoms with van der Waals surface area (Å²) in [7, 11) is 1.56. The summed E-state index contributed by atoms with van der Waals surface area (Å²) in [5.41, 5.74) is 5.55. The summed E-state index contributed by atoms with van der Waals surface area (Å²) in [6.45, 7) is 6.11. The van der Waals surface area contributed by atoms with E-state index in [0.29, 0.717) is 58.9 Å². The van der Waals surface area contributed by atoms with Gasteiger partial charge in [-0.05, 0) is 0 Å². The summed E-state index contributed by atoms with van der Waals surface area (Å²) in [5.74, 6) is 0.179. The number of morpholine rings is 1. The summed E-state index contributed by atoms with van der Waals surface area (Å²) in [4.78, 5) is 30.3. The fourth-order valence-corrected chi connectivity index (χ4v) is 2.84. The van der Waals surface area contributed by atoms with E-state index in [4.69, 9.17) is 15.2 Å². The second kappa shape index (κ2) is 12.7. The van der Waals surface area contributed by atoms with Crippen LogP contribution in [-0.4, -0.2) is 105 Å². The lowest BCUT2D eigenvalue weighted by Gasteiger charge is -2.36. The topological polar surface area (TPSA) is 88.3 Å². The molecule has 0 saturated carbocycles. The molecule has 0 spiro atoms. The van der Waals surface area contributed by atoms with Crippen molar-refractivity contribution in [3.05, 3.63) is 0 Å². The van der Waals surface area contributed by atoms with Crippen molar-refractivity contribution in [3.63, 3.8) is 0 Å². The quantitative estimate of drug-likeness (QED) is 0.627. The minimum atomic E-state index is -0.233. The van der Waals surface area contributed by atoms with Gasteiger partial charge in [-0.15, -0.1) is 24.8 Å². The van der Waals surface area contributed by atoms with E-state index < -0.39 is 0 Å². The highest BCUT2D eigenvalue weighted by Crippen LogP contribution is 2.08. The van der Waals surface area contributed by atoms with E-state index in [1.165, 1.54) is 0 Å². The molecule has 2 heterocycles. The zero-order chi connectivity index (χ0) is 16.7. The van der Waals surface area contributed by atoms with Crippen molar-refractivity contribution < 1.29 is 19.1 Å². The van der Waals surface area contributed by atoms with E-state index in [1.54, 1.807) is 12.0 Å². The number of ether oxygens (including phenoxy) is 2. The van der Waals surface area contributed by atoms with Crippen LogP contribution in [0.2, 0.25) is 0 Å². The average molecular weight is 401 g/mol. The highest BCUT2D eigenvalue weighted by Gasteiger charge is 2.26. The van der Waals surface area contributed by atoms with E-state index in [1.807, 2.05) is 4.90 Å². The molecule has 2 fully saturated rings. The molecule has 2 N–H and O–H groups in total. The summed E-state index contributed by atoms with van der Waals surface area (Å²) >= 11 is 0. The molecule has 0 aromatic carbocycles. The maximum absolute atomic E-state index is 12.3. The Balaban J connectivity index is 0.00000288. The molecule has 2 saturated heterocycles. The van der Waals surface area contributed by atoms with E-state index in [0.717, 1.165) is 13.1 Å². The number of halogens is 2. The molecule has 1 atom stereocenters. The van der Waals surface area contributed by atoms with Gasteiger partial charge in [-0.1, -0.05) is 0 Å². The smallest absolute Gasteiger partial charge is 0.236 e. The van der Waals surface area contributed by atoms with Gasteiger partial charge < -0.3 is 25.0 Å². The summed E-state index contributed by atoms with van der Waals surface area (Å²) in [5, 5.41) is 0.